The Kier molecular flexibility index (Phi) is 6.99. The number of nitrogens with two attached hydrogens (primary N) is 1. The molecular weight excluding hydrogens is 284 g/mol. The van der Waals surface area contributed by atoms with Gasteiger partial charge in [0.25, 0.3) is 0 Å². The third kappa shape index (κ3) is 4.28. The van der Waals surface area contributed by atoms with Crippen LogP contribution in [-0.4, -0.2) is 24.5 Å². The topological polar surface area (TPSA) is 29.3 Å². The van der Waals surface area contributed by atoms with E-state index in [0.717, 1.165) is 6.54 Å². The molecule has 0 spiro atoms. The van der Waals surface area contributed by atoms with Crippen molar-refractivity contribution in [2.24, 2.45) is 5.73 Å². The van der Waals surface area contributed by atoms with Gasteiger partial charge in [0.1, 0.15) is 0 Å². The summed E-state index contributed by atoms with van der Waals surface area (Å²) in [5.41, 5.74) is 5.58. The van der Waals surface area contributed by atoms with Gasteiger partial charge in [0, 0.05) is 24.0 Å². The van der Waals surface area contributed by atoms with E-state index in [-0.39, 0.29) is 12.4 Å². The molecule has 0 bridgehead atoms. The van der Waals surface area contributed by atoms with Gasteiger partial charge in [0.2, 0.25) is 0 Å². The van der Waals surface area contributed by atoms with Crippen LogP contribution in [0.3, 0.4) is 0 Å². The van der Waals surface area contributed by atoms with Gasteiger partial charge in [-0.3, -0.25) is 4.90 Å². The van der Waals surface area contributed by atoms with Gasteiger partial charge in [-0.1, -0.05) is 0 Å². The summed E-state index contributed by atoms with van der Waals surface area (Å²) in [7, 11) is 2.10. The summed E-state index contributed by atoms with van der Waals surface area (Å²) in [5.74, 6) is 0. The zero-order chi connectivity index (χ0) is 9.84. The minimum atomic E-state index is 0. The largest absolute Gasteiger partial charge is 0.329 e. The quantitative estimate of drug-likeness (QED) is 0.926. The highest BCUT2D eigenvalue weighted by Gasteiger charge is 2.08. The molecule has 14 heavy (non-hydrogen) atoms. The molecule has 0 aromatic carbocycles. The zero-order valence-corrected chi connectivity index (χ0v) is 11.6. The first-order valence-electron chi connectivity index (χ1n) is 4.28. The SMILES string of the molecule is CC(CN)N(C)Cc1ccc(Br)s1.Cl. The Morgan fingerprint density at radius 2 is 2.21 bits per heavy atom. The van der Waals surface area contributed by atoms with Crippen molar-refractivity contribution in [3.63, 3.8) is 0 Å². The number of hydrogen-bond donors (Lipinski definition) is 1. The van der Waals surface area contributed by atoms with Crippen LogP contribution >= 0.6 is 39.7 Å². The third-order valence-electron chi connectivity index (χ3n) is 2.13. The van der Waals surface area contributed by atoms with E-state index in [0.29, 0.717) is 12.6 Å². The number of thiophene rings is 1. The second-order valence-electron chi connectivity index (χ2n) is 3.21. The summed E-state index contributed by atoms with van der Waals surface area (Å²) in [4.78, 5) is 3.63. The van der Waals surface area contributed by atoms with Gasteiger partial charge in [0.05, 0.1) is 3.79 Å². The molecule has 0 saturated heterocycles. The first-order chi connectivity index (χ1) is 6.13. The van der Waals surface area contributed by atoms with Crippen LogP contribution in [-0.2, 0) is 6.54 Å². The Hall–Kier alpha value is 0.390. The smallest absolute Gasteiger partial charge is 0.0701 e. The molecule has 5 heteroatoms. The van der Waals surface area contributed by atoms with Crippen molar-refractivity contribution in [2.75, 3.05) is 13.6 Å². The summed E-state index contributed by atoms with van der Waals surface area (Å²) in [6.07, 6.45) is 0. The molecule has 0 radical (unpaired) electrons. The third-order valence-corrected chi connectivity index (χ3v) is 3.74. The van der Waals surface area contributed by atoms with Crippen LogP contribution in [0.2, 0.25) is 0 Å². The van der Waals surface area contributed by atoms with E-state index in [1.807, 2.05) is 0 Å². The van der Waals surface area contributed by atoms with E-state index in [9.17, 15) is 0 Å². The molecule has 1 aromatic rings. The fraction of sp³-hybridized carbons (Fsp3) is 0.556. The van der Waals surface area contributed by atoms with Gasteiger partial charge < -0.3 is 5.73 Å². The van der Waals surface area contributed by atoms with Crippen LogP contribution in [0.15, 0.2) is 15.9 Å². The predicted molar refractivity (Wildman–Crippen MR) is 69.3 cm³/mol. The lowest BCUT2D eigenvalue weighted by Crippen LogP contribution is -2.34. The molecule has 0 fully saturated rings. The number of rotatable bonds is 4. The van der Waals surface area contributed by atoms with E-state index in [1.54, 1.807) is 11.3 Å². The molecule has 1 atom stereocenters. The Morgan fingerprint density at radius 1 is 1.57 bits per heavy atom. The van der Waals surface area contributed by atoms with E-state index >= 15 is 0 Å². The molecule has 0 aliphatic carbocycles. The van der Waals surface area contributed by atoms with Crippen LogP contribution in [0.25, 0.3) is 0 Å². The second kappa shape index (κ2) is 6.80. The van der Waals surface area contributed by atoms with Gasteiger partial charge >= 0.3 is 0 Å². The maximum absolute atomic E-state index is 5.58. The molecule has 1 rings (SSSR count). The summed E-state index contributed by atoms with van der Waals surface area (Å²) < 4.78 is 1.19. The average molecular weight is 300 g/mol. The maximum Gasteiger partial charge on any atom is 0.0701 e. The highest BCUT2D eigenvalue weighted by molar-refractivity contribution is 9.11. The van der Waals surface area contributed by atoms with Gasteiger partial charge in [-0.15, -0.1) is 23.7 Å². The van der Waals surface area contributed by atoms with Crippen LogP contribution in [0, 0.1) is 0 Å². The van der Waals surface area contributed by atoms with Gasteiger partial charge in [0.15, 0.2) is 0 Å². The fourth-order valence-corrected chi connectivity index (χ4v) is 2.57. The lowest BCUT2D eigenvalue weighted by molar-refractivity contribution is 0.257. The van der Waals surface area contributed by atoms with Crippen molar-refractivity contribution in [3.05, 3.63) is 20.8 Å². The minimum absolute atomic E-state index is 0. The normalized spacial score (nSPS) is 12.6. The van der Waals surface area contributed by atoms with Gasteiger partial charge in [-0.25, -0.2) is 0 Å². The summed E-state index contributed by atoms with van der Waals surface area (Å²) in [6.45, 7) is 3.83. The van der Waals surface area contributed by atoms with Crippen LogP contribution in [0.1, 0.15) is 11.8 Å². The molecule has 0 aliphatic heterocycles. The van der Waals surface area contributed by atoms with Crippen molar-refractivity contribution >= 4 is 39.7 Å². The summed E-state index contributed by atoms with van der Waals surface area (Å²) in [5, 5.41) is 0. The number of halogens is 2. The lowest BCUT2D eigenvalue weighted by atomic mass is 10.3. The van der Waals surface area contributed by atoms with Crippen LogP contribution in [0.4, 0.5) is 0 Å². The van der Waals surface area contributed by atoms with E-state index in [4.69, 9.17) is 5.73 Å². The molecule has 0 aliphatic rings. The molecule has 1 heterocycles. The molecule has 0 amide bonds. The van der Waals surface area contributed by atoms with Crippen molar-refractivity contribution in [3.8, 4) is 0 Å². The zero-order valence-electron chi connectivity index (χ0n) is 8.37. The lowest BCUT2D eigenvalue weighted by Gasteiger charge is -2.22. The van der Waals surface area contributed by atoms with Crippen LogP contribution < -0.4 is 5.73 Å². The molecule has 0 saturated carbocycles. The Labute approximate surface area is 104 Å². The second-order valence-corrected chi connectivity index (χ2v) is 5.75. The monoisotopic (exact) mass is 298 g/mol. The van der Waals surface area contributed by atoms with E-state index < -0.39 is 0 Å². The Morgan fingerprint density at radius 3 is 2.64 bits per heavy atom. The predicted octanol–water partition coefficient (Wildman–Crippen LogP) is 2.71. The molecule has 1 unspecified atom stereocenters. The molecule has 2 N–H and O–H groups in total. The van der Waals surface area contributed by atoms with Crippen molar-refractivity contribution in [2.45, 2.75) is 19.5 Å². The van der Waals surface area contributed by atoms with E-state index in [2.05, 4.69) is 46.9 Å². The van der Waals surface area contributed by atoms with Crippen LogP contribution in [0.5, 0.6) is 0 Å². The fourth-order valence-electron chi connectivity index (χ4n) is 1.02. The van der Waals surface area contributed by atoms with Gasteiger partial charge in [-0.05, 0) is 42.0 Å². The van der Waals surface area contributed by atoms with Crippen molar-refractivity contribution < 1.29 is 0 Å². The first-order valence-corrected chi connectivity index (χ1v) is 5.89. The maximum atomic E-state index is 5.58. The summed E-state index contributed by atoms with van der Waals surface area (Å²) >= 11 is 5.23. The van der Waals surface area contributed by atoms with Gasteiger partial charge in [-0.2, -0.15) is 0 Å². The molecule has 2 nitrogen and oxygen atoms in total. The van der Waals surface area contributed by atoms with E-state index in [1.165, 1.54) is 8.66 Å². The highest BCUT2D eigenvalue weighted by Crippen LogP contribution is 2.23. The molecule has 82 valence electrons. The van der Waals surface area contributed by atoms with Crippen molar-refractivity contribution in [1.29, 1.82) is 0 Å². The number of hydrogen-bond acceptors (Lipinski definition) is 3. The molecular formula is C9H16BrClN2S. The Bertz CT molecular complexity index is 267. The average Bonchev–Trinajstić information content (AvgIpc) is 2.49. The minimum Gasteiger partial charge on any atom is -0.329 e. The number of nitrogens with zero attached hydrogens (tertiary/aromatic N) is 1. The standard InChI is InChI=1S/C9H15BrN2S.ClH/c1-7(5-11)12(2)6-8-3-4-9(10)13-8;/h3-4,7H,5-6,11H2,1-2H3;1H. The molecule has 1 aromatic heterocycles. The number of likely N-dealkylation sites (N-methyl/N-ethyl adjacent to an activating group) is 1. The Balaban J connectivity index is 0.00000169. The highest BCUT2D eigenvalue weighted by atomic mass is 79.9. The van der Waals surface area contributed by atoms with Crippen molar-refractivity contribution in [1.82, 2.24) is 4.90 Å². The first kappa shape index (κ1) is 14.4. The summed E-state index contributed by atoms with van der Waals surface area (Å²) in [6, 6.07) is 4.68.